The first-order chi connectivity index (χ1) is 7.57. The van der Waals surface area contributed by atoms with Crippen molar-refractivity contribution in [1.82, 2.24) is 4.98 Å². The Balaban J connectivity index is 2.56. The van der Waals surface area contributed by atoms with Crippen LogP contribution in [0.15, 0.2) is 6.20 Å². The van der Waals surface area contributed by atoms with Crippen LogP contribution in [-0.4, -0.2) is 4.98 Å². The zero-order chi connectivity index (χ0) is 11.8. The average Bonchev–Trinajstić information content (AvgIpc) is 2.26. The fraction of sp³-hybridized carbons (Fsp3) is 0.533. The molecule has 1 heteroatoms. The quantitative estimate of drug-likeness (QED) is 0.653. The van der Waals surface area contributed by atoms with Gasteiger partial charge in [-0.25, -0.2) is 0 Å². The smallest absolute Gasteiger partial charge is 0.0461 e. The molecule has 2 rings (SSSR count). The molecule has 1 aliphatic rings. The Labute approximate surface area is 98.3 Å². The molecule has 0 radical (unpaired) electrons. The number of aromatic nitrogens is 1. The van der Waals surface area contributed by atoms with Gasteiger partial charge in [0.25, 0.3) is 0 Å². The molecule has 0 aliphatic heterocycles. The Morgan fingerprint density at radius 3 is 2.81 bits per heavy atom. The average molecular weight is 213 g/mol. The van der Waals surface area contributed by atoms with Gasteiger partial charge in [-0.15, -0.1) is 6.42 Å². The summed E-state index contributed by atoms with van der Waals surface area (Å²) in [5, 5.41) is 0. The van der Waals surface area contributed by atoms with Crippen molar-refractivity contribution in [2.24, 2.45) is 5.41 Å². The number of hydrogen-bond donors (Lipinski definition) is 0. The summed E-state index contributed by atoms with van der Waals surface area (Å²) in [7, 11) is 0. The number of hydrogen-bond acceptors (Lipinski definition) is 1. The molecule has 0 spiro atoms. The van der Waals surface area contributed by atoms with Crippen molar-refractivity contribution in [3.05, 3.63) is 28.6 Å². The van der Waals surface area contributed by atoms with E-state index in [4.69, 9.17) is 6.42 Å². The van der Waals surface area contributed by atoms with Crippen LogP contribution in [-0.2, 0) is 19.3 Å². The van der Waals surface area contributed by atoms with Crippen molar-refractivity contribution in [2.75, 3.05) is 0 Å². The van der Waals surface area contributed by atoms with Crippen LogP contribution in [0.4, 0.5) is 0 Å². The Morgan fingerprint density at radius 1 is 1.44 bits per heavy atom. The minimum Gasteiger partial charge on any atom is -0.260 e. The summed E-state index contributed by atoms with van der Waals surface area (Å²) in [6.45, 7) is 6.83. The van der Waals surface area contributed by atoms with E-state index in [9.17, 15) is 0 Å². The van der Waals surface area contributed by atoms with Crippen LogP contribution < -0.4 is 0 Å². The summed E-state index contributed by atoms with van der Waals surface area (Å²) >= 11 is 0. The normalized spacial score (nSPS) is 17.6. The topological polar surface area (TPSA) is 12.9 Å². The van der Waals surface area contributed by atoms with Gasteiger partial charge in [0.2, 0.25) is 0 Å². The second-order valence-electron chi connectivity index (χ2n) is 5.41. The highest BCUT2D eigenvalue weighted by molar-refractivity contribution is 5.46. The van der Waals surface area contributed by atoms with E-state index >= 15 is 0 Å². The molecule has 1 heterocycles. The van der Waals surface area contributed by atoms with Gasteiger partial charge in [0.1, 0.15) is 0 Å². The van der Waals surface area contributed by atoms with Crippen molar-refractivity contribution in [1.29, 1.82) is 0 Å². The molecule has 1 aliphatic carbocycles. The number of aryl methyl sites for hydroxylation is 1. The van der Waals surface area contributed by atoms with Crippen LogP contribution in [0.25, 0.3) is 0 Å². The van der Waals surface area contributed by atoms with Gasteiger partial charge >= 0.3 is 0 Å². The van der Waals surface area contributed by atoms with Crippen molar-refractivity contribution in [3.8, 4) is 12.3 Å². The largest absolute Gasteiger partial charge is 0.260 e. The third kappa shape index (κ3) is 1.85. The van der Waals surface area contributed by atoms with Crippen LogP contribution in [0.1, 0.15) is 49.6 Å². The second kappa shape index (κ2) is 3.94. The fourth-order valence-corrected chi connectivity index (χ4v) is 2.59. The van der Waals surface area contributed by atoms with Crippen LogP contribution in [0.2, 0.25) is 0 Å². The van der Waals surface area contributed by atoms with E-state index in [1.54, 1.807) is 0 Å². The molecule has 0 bridgehead atoms. The number of pyridine rings is 1. The van der Waals surface area contributed by atoms with Gasteiger partial charge in [-0.2, -0.15) is 0 Å². The van der Waals surface area contributed by atoms with Gasteiger partial charge in [0.15, 0.2) is 0 Å². The van der Waals surface area contributed by atoms with E-state index in [0.717, 1.165) is 24.8 Å². The number of fused-ring (bicyclic) bond motifs is 1. The van der Waals surface area contributed by atoms with Gasteiger partial charge in [0, 0.05) is 17.5 Å². The third-order valence-corrected chi connectivity index (χ3v) is 3.58. The molecule has 1 aromatic rings. The Hall–Kier alpha value is -1.29. The van der Waals surface area contributed by atoms with E-state index in [0.29, 0.717) is 5.41 Å². The summed E-state index contributed by atoms with van der Waals surface area (Å²) < 4.78 is 0. The maximum absolute atomic E-state index is 5.54. The summed E-state index contributed by atoms with van der Waals surface area (Å²) in [5.41, 5.74) is 5.44. The van der Waals surface area contributed by atoms with Crippen LogP contribution in [0, 0.1) is 17.8 Å². The molecule has 1 aromatic heterocycles. The fourth-order valence-electron chi connectivity index (χ4n) is 2.59. The standard InChI is InChI=1S/C15H19N/c1-5-11-10-16-14(6-2)13-9-15(3,4)8-7-12(11)13/h1,10H,6-9H2,2-4H3. The van der Waals surface area contributed by atoms with Crippen molar-refractivity contribution in [2.45, 2.75) is 46.5 Å². The SMILES string of the molecule is C#Cc1cnc(CC)c2c1CCC(C)(C)C2. The van der Waals surface area contributed by atoms with E-state index in [1.165, 1.54) is 23.2 Å². The Morgan fingerprint density at radius 2 is 2.19 bits per heavy atom. The van der Waals surface area contributed by atoms with E-state index < -0.39 is 0 Å². The first-order valence-corrected chi connectivity index (χ1v) is 6.03. The molecule has 0 amide bonds. The number of terminal acetylenes is 1. The predicted octanol–water partition coefficient (Wildman–Crippen LogP) is 3.14. The molecule has 0 atom stereocenters. The lowest BCUT2D eigenvalue weighted by Gasteiger charge is -2.32. The highest BCUT2D eigenvalue weighted by Crippen LogP contribution is 2.37. The van der Waals surface area contributed by atoms with E-state index in [2.05, 4.69) is 31.7 Å². The first-order valence-electron chi connectivity index (χ1n) is 6.03. The second-order valence-corrected chi connectivity index (χ2v) is 5.41. The van der Waals surface area contributed by atoms with Gasteiger partial charge in [0.05, 0.1) is 0 Å². The van der Waals surface area contributed by atoms with Gasteiger partial charge in [-0.05, 0) is 42.2 Å². The Kier molecular flexibility index (Phi) is 2.76. The first kappa shape index (κ1) is 11.2. The van der Waals surface area contributed by atoms with E-state index in [-0.39, 0.29) is 0 Å². The lowest BCUT2D eigenvalue weighted by molar-refractivity contribution is 0.313. The van der Waals surface area contributed by atoms with Crippen molar-refractivity contribution in [3.63, 3.8) is 0 Å². The van der Waals surface area contributed by atoms with Gasteiger partial charge < -0.3 is 0 Å². The van der Waals surface area contributed by atoms with Crippen LogP contribution in [0.5, 0.6) is 0 Å². The molecule has 16 heavy (non-hydrogen) atoms. The lowest BCUT2D eigenvalue weighted by Crippen LogP contribution is -2.24. The van der Waals surface area contributed by atoms with Crippen molar-refractivity contribution >= 4 is 0 Å². The summed E-state index contributed by atoms with van der Waals surface area (Å²) in [4.78, 5) is 4.50. The lowest BCUT2D eigenvalue weighted by atomic mass is 9.73. The van der Waals surface area contributed by atoms with Crippen LogP contribution >= 0.6 is 0 Å². The molecular formula is C15H19N. The molecule has 0 saturated heterocycles. The molecule has 0 N–H and O–H groups in total. The Bertz CT molecular complexity index is 449. The minimum absolute atomic E-state index is 0.395. The highest BCUT2D eigenvalue weighted by atomic mass is 14.7. The van der Waals surface area contributed by atoms with Gasteiger partial charge in [-0.3, -0.25) is 4.98 Å². The summed E-state index contributed by atoms with van der Waals surface area (Å²) in [6.07, 6.45) is 11.9. The van der Waals surface area contributed by atoms with Crippen molar-refractivity contribution < 1.29 is 0 Å². The predicted molar refractivity (Wildman–Crippen MR) is 67.4 cm³/mol. The maximum Gasteiger partial charge on any atom is 0.0461 e. The molecule has 0 unspecified atom stereocenters. The highest BCUT2D eigenvalue weighted by Gasteiger charge is 2.28. The van der Waals surface area contributed by atoms with E-state index in [1.807, 2.05) is 6.20 Å². The molecule has 1 nitrogen and oxygen atoms in total. The zero-order valence-electron chi connectivity index (χ0n) is 10.4. The monoisotopic (exact) mass is 213 g/mol. The number of nitrogens with zero attached hydrogens (tertiary/aromatic N) is 1. The molecule has 0 fully saturated rings. The van der Waals surface area contributed by atoms with Gasteiger partial charge in [-0.1, -0.05) is 26.7 Å². The molecule has 0 saturated carbocycles. The minimum atomic E-state index is 0.395. The number of rotatable bonds is 1. The van der Waals surface area contributed by atoms with Crippen LogP contribution in [0.3, 0.4) is 0 Å². The molecule has 0 aromatic carbocycles. The molecule has 84 valence electrons. The summed E-state index contributed by atoms with van der Waals surface area (Å²) in [5.74, 6) is 2.77. The molecular weight excluding hydrogens is 194 g/mol. The third-order valence-electron chi connectivity index (χ3n) is 3.58. The maximum atomic E-state index is 5.54. The zero-order valence-corrected chi connectivity index (χ0v) is 10.4. The summed E-state index contributed by atoms with van der Waals surface area (Å²) in [6, 6.07) is 0.